The molecule has 2 aliphatic heterocycles. The molecule has 0 aliphatic carbocycles. The van der Waals surface area contributed by atoms with Gasteiger partial charge >= 0.3 is 0 Å². The number of hydrogen-bond acceptors (Lipinski definition) is 3. The molecule has 0 N–H and O–H groups in total. The Kier molecular flexibility index (Phi) is 4.46. The molecule has 0 aromatic carbocycles. The number of amides is 1. The standard InChI is InChI=1S/C19H24ClN3O2/c1-3-8-25-17-5-7-22(19(17)24)14-4-6-23-16(10-14)12(2)15-9-13(20)11-21-18(15)23/h9,11,14,17H,3-8,10H2,1-2H3. The van der Waals surface area contributed by atoms with Gasteiger partial charge in [-0.2, -0.15) is 0 Å². The van der Waals surface area contributed by atoms with E-state index in [9.17, 15) is 4.79 Å². The topological polar surface area (TPSA) is 47.4 Å². The summed E-state index contributed by atoms with van der Waals surface area (Å²) in [5.74, 6) is 0.168. The minimum atomic E-state index is -0.241. The Morgan fingerprint density at radius 3 is 3.00 bits per heavy atom. The fourth-order valence-corrected chi connectivity index (χ4v) is 4.39. The Bertz CT molecular complexity index is 817. The van der Waals surface area contributed by atoms with Gasteiger partial charge in [0.15, 0.2) is 0 Å². The van der Waals surface area contributed by atoms with Gasteiger partial charge < -0.3 is 14.2 Å². The molecule has 2 atom stereocenters. The van der Waals surface area contributed by atoms with Gasteiger partial charge in [0.25, 0.3) is 5.91 Å². The summed E-state index contributed by atoms with van der Waals surface area (Å²) in [6.45, 7) is 6.56. The molecule has 0 bridgehead atoms. The molecular weight excluding hydrogens is 338 g/mol. The molecule has 6 heteroatoms. The maximum absolute atomic E-state index is 12.7. The number of halogens is 1. The van der Waals surface area contributed by atoms with Crippen molar-refractivity contribution < 1.29 is 9.53 Å². The molecule has 5 nitrogen and oxygen atoms in total. The number of aromatic nitrogens is 2. The molecule has 1 amide bonds. The molecule has 25 heavy (non-hydrogen) atoms. The highest BCUT2D eigenvalue weighted by atomic mass is 35.5. The monoisotopic (exact) mass is 361 g/mol. The molecule has 4 rings (SSSR count). The average molecular weight is 362 g/mol. The fourth-order valence-electron chi connectivity index (χ4n) is 4.23. The van der Waals surface area contributed by atoms with Crippen molar-refractivity contribution in [3.8, 4) is 0 Å². The van der Waals surface area contributed by atoms with Crippen molar-refractivity contribution in [2.24, 2.45) is 0 Å². The Morgan fingerprint density at radius 1 is 1.36 bits per heavy atom. The van der Waals surface area contributed by atoms with Crippen molar-refractivity contribution in [1.82, 2.24) is 14.5 Å². The first kappa shape index (κ1) is 16.9. The zero-order valence-electron chi connectivity index (χ0n) is 14.8. The Labute approximate surface area is 152 Å². The molecule has 2 aliphatic rings. The fraction of sp³-hybridized carbons (Fsp3) is 0.579. The van der Waals surface area contributed by atoms with Crippen LogP contribution >= 0.6 is 11.6 Å². The summed E-state index contributed by atoms with van der Waals surface area (Å²) in [4.78, 5) is 19.3. The van der Waals surface area contributed by atoms with E-state index in [0.29, 0.717) is 11.6 Å². The Balaban J connectivity index is 1.57. The summed E-state index contributed by atoms with van der Waals surface area (Å²) in [5.41, 5.74) is 3.53. The second-order valence-corrected chi connectivity index (χ2v) is 7.51. The van der Waals surface area contributed by atoms with Crippen LogP contribution in [-0.2, 0) is 22.5 Å². The third-order valence-corrected chi connectivity index (χ3v) is 5.73. The quantitative estimate of drug-likeness (QED) is 0.839. The van der Waals surface area contributed by atoms with E-state index in [2.05, 4.69) is 23.4 Å². The molecule has 0 spiro atoms. The van der Waals surface area contributed by atoms with E-state index in [0.717, 1.165) is 49.8 Å². The largest absolute Gasteiger partial charge is 0.368 e. The van der Waals surface area contributed by atoms with Crippen LogP contribution in [0.15, 0.2) is 12.3 Å². The first-order valence-electron chi connectivity index (χ1n) is 9.15. The molecule has 1 saturated heterocycles. The number of hydrogen-bond donors (Lipinski definition) is 0. The van der Waals surface area contributed by atoms with Crippen LogP contribution in [-0.4, -0.2) is 45.7 Å². The smallest absolute Gasteiger partial charge is 0.252 e. The van der Waals surface area contributed by atoms with E-state index >= 15 is 0 Å². The third-order valence-electron chi connectivity index (χ3n) is 5.52. The predicted octanol–water partition coefficient (Wildman–Crippen LogP) is 3.34. The maximum Gasteiger partial charge on any atom is 0.252 e. The molecule has 0 saturated carbocycles. The summed E-state index contributed by atoms with van der Waals surface area (Å²) < 4.78 is 8.01. The SMILES string of the molecule is CCCOC1CCN(C2CCn3c(c(C)c4cc(Cl)cnc43)C2)C1=O. The first-order valence-corrected chi connectivity index (χ1v) is 9.53. The van der Waals surface area contributed by atoms with Crippen LogP contribution in [0, 0.1) is 6.92 Å². The second-order valence-electron chi connectivity index (χ2n) is 7.07. The van der Waals surface area contributed by atoms with Crippen molar-refractivity contribution in [1.29, 1.82) is 0 Å². The van der Waals surface area contributed by atoms with Crippen molar-refractivity contribution in [2.75, 3.05) is 13.2 Å². The molecule has 0 radical (unpaired) electrons. The number of ether oxygens (including phenoxy) is 1. The zero-order valence-corrected chi connectivity index (χ0v) is 15.6. The van der Waals surface area contributed by atoms with Crippen molar-refractivity contribution in [3.05, 3.63) is 28.5 Å². The van der Waals surface area contributed by atoms with Gasteiger partial charge in [0.2, 0.25) is 0 Å². The van der Waals surface area contributed by atoms with Crippen LogP contribution in [0.1, 0.15) is 37.4 Å². The Morgan fingerprint density at radius 2 is 2.20 bits per heavy atom. The minimum Gasteiger partial charge on any atom is -0.368 e. The van der Waals surface area contributed by atoms with E-state index in [-0.39, 0.29) is 18.1 Å². The summed E-state index contributed by atoms with van der Waals surface area (Å²) in [5, 5.41) is 1.79. The molecule has 2 aromatic rings. The van der Waals surface area contributed by atoms with Gasteiger partial charge in [-0.1, -0.05) is 18.5 Å². The zero-order chi connectivity index (χ0) is 17.6. The lowest BCUT2D eigenvalue weighted by molar-refractivity contribution is -0.139. The van der Waals surface area contributed by atoms with Crippen LogP contribution in [0.25, 0.3) is 11.0 Å². The average Bonchev–Trinajstić information content (AvgIpc) is 3.11. The predicted molar refractivity (Wildman–Crippen MR) is 98.0 cm³/mol. The summed E-state index contributed by atoms with van der Waals surface area (Å²) in [6.07, 6.45) is 5.08. The lowest BCUT2D eigenvalue weighted by Gasteiger charge is -2.32. The number of pyridine rings is 1. The van der Waals surface area contributed by atoms with E-state index in [1.165, 1.54) is 11.3 Å². The van der Waals surface area contributed by atoms with Crippen LogP contribution in [0.5, 0.6) is 0 Å². The highest BCUT2D eigenvalue weighted by molar-refractivity contribution is 6.31. The van der Waals surface area contributed by atoms with Gasteiger partial charge in [0.05, 0.1) is 5.02 Å². The van der Waals surface area contributed by atoms with E-state index < -0.39 is 0 Å². The minimum absolute atomic E-state index is 0.168. The number of rotatable bonds is 4. The lowest BCUT2D eigenvalue weighted by Crippen LogP contribution is -2.43. The van der Waals surface area contributed by atoms with E-state index in [4.69, 9.17) is 16.3 Å². The van der Waals surface area contributed by atoms with Crippen molar-refractivity contribution in [2.45, 2.75) is 58.2 Å². The molecule has 4 heterocycles. The van der Waals surface area contributed by atoms with Gasteiger partial charge in [-0.3, -0.25) is 4.79 Å². The molecular formula is C19H24ClN3O2. The van der Waals surface area contributed by atoms with Gasteiger partial charge in [0.1, 0.15) is 11.8 Å². The normalized spacial score (nSPS) is 23.5. The summed E-state index contributed by atoms with van der Waals surface area (Å²) in [6, 6.07) is 2.25. The number of likely N-dealkylation sites (tertiary alicyclic amines) is 1. The number of nitrogens with zero attached hydrogens (tertiary/aromatic N) is 3. The van der Waals surface area contributed by atoms with Gasteiger partial charge in [-0.25, -0.2) is 4.98 Å². The number of carbonyl (C=O) groups is 1. The highest BCUT2D eigenvalue weighted by Crippen LogP contribution is 2.33. The molecule has 2 unspecified atom stereocenters. The van der Waals surface area contributed by atoms with Crippen LogP contribution in [0.4, 0.5) is 0 Å². The Hall–Kier alpha value is -1.59. The molecule has 1 fully saturated rings. The first-order chi connectivity index (χ1) is 12.1. The third kappa shape index (κ3) is 2.83. The highest BCUT2D eigenvalue weighted by Gasteiger charge is 2.38. The maximum atomic E-state index is 12.7. The van der Waals surface area contributed by atoms with Crippen molar-refractivity contribution >= 4 is 28.5 Å². The number of aryl methyl sites for hydroxylation is 2. The van der Waals surface area contributed by atoms with Crippen molar-refractivity contribution in [3.63, 3.8) is 0 Å². The van der Waals surface area contributed by atoms with Crippen LogP contribution in [0.3, 0.4) is 0 Å². The number of fused-ring (bicyclic) bond motifs is 3. The summed E-state index contributed by atoms with van der Waals surface area (Å²) in [7, 11) is 0. The van der Waals surface area contributed by atoms with E-state index in [1.54, 1.807) is 6.20 Å². The summed E-state index contributed by atoms with van der Waals surface area (Å²) >= 11 is 6.12. The van der Waals surface area contributed by atoms with E-state index in [1.807, 2.05) is 11.0 Å². The van der Waals surface area contributed by atoms with Gasteiger partial charge in [-0.05, 0) is 31.4 Å². The van der Waals surface area contributed by atoms with Gasteiger partial charge in [0, 0.05) is 55.9 Å². The van der Waals surface area contributed by atoms with Crippen LogP contribution in [0.2, 0.25) is 5.02 Å². The lowest BCUT2D eigenvalue weighted by atomic mass is 10.00. The molecule has 2 aromatic heterocycles. The van der Waals surface area contributed by atoms with Gasteiger partial charge in [-0.15, -0.1) is 0 Å². The van der Waals surface area contributed by atoms with Crippen LogP contribution < -0.4 is 0 Å². The second kappa shape index (κ2) is 6.61. The molecule has 134 valence electrons. The number of carbonyl (C=O) groups excluding carboxylic acids is 1.